The lowest BCUT2D eigenvalue weighted by Gasteiger charge is -2.13. The molecule has 4 aromatic rings. The molecule has 4 rings (SSSR count). The summed E-state index contributed by atoms with van der Waals surface area (Å²) in [5.74, 6) is 0.828. The average Bonchev–Trinajstić information content (AvgIpc) is 3.04. The van der Waals surface area contributed by atoms with E-state index in [9.17, 15) is 0 Å². The topological polar surface area (TPSA) is 56.0 Å². The molecule has 118 valence electrons. The second-order valence-corrected chi connectivity index (χ2v) is 5.98. The van der Waals surface area contributed by atoms with Crippen LogP contribution in [-0.4, -0.2) is 24.6 Å². The third kappa shape index (κ3) is 2.43. The number of fused-ring (bicyclic) bond motifs is 1. The Balaban J connectivity index is 2.12. The highest BCUT2D eigenvalue weighted by Gasteiger charge is 2.18. The smallest absolute Gasteiger partial charge is 0.172 e. The summed E-state index contributed by atoms with van der Waals surface area (Å²) in [5, 5.41) is 8.81. The van der Waals surface area contributed by atoms with E-state index in [0.29, 0.717) is 5.15 Å². The number of halogens is 1. The number of nitrogens with zero attached hydrogens (tertiary/aromatic N) is 5. The highest BCUT2D eigenvalue weighted by molar-refractivity contribution is 6.29. The quantitative estimate of drug-likeness (QED) is 0.517. The number of pyridine rings is 1. The lowest BCUT2D eigenvalue weighted by molar-refractivity contribution is 0.986. The molecule has 0 N–H and O–H groups in total. The van der Waals surface area contributed by atoms with Gasteiger partial charge in [0.2, 0.25) is 0 Å². The van der Waals surface area contributed by atoms with Gasteiger partial charge in [-0.1, -0.05) is 41.9 Å². The molecule has 0 radical (unpaired) electrons. The van der Waals surface area contributed by atoms with Gasteiger partial charge in [0.15, 0.2) is 5.65 Å². The molecule has 0 saturated heterocycles. The van der Waals surface area contributed by atoms with Gasteiger partial charge in [-0.15, -0.1) is 10.2 Å². The Bertz CT molecular complexity index is 1020. The van der Waals surface area contributed by atoms with Crippen molar-refractivity contribution in [1.29, 1.82) is 0 Å². The maximum absolute atomic E-state index is 6.18. The molecule has 3 aromatic heterocycles. The fraction of sp³-hybridized carbons (Fsp3) is 0.111. The minimum Gasteiger partial charge on any atom is -0.269 e. The molecule has 5 nitrogen and oxygen atoms in total. The van der Waals surface area contributed by atoms with Gasteiger partial charge in [0.05, 0.1) is 11.3 Å². The van der Waals surface area contributed by atoms with Crippen LogP contribution in [0.3, 0.4) is 0 Å². The summed E-state index contributed by atoms with van der Waals surface area (Å²) in [6.07, 6.45) is 1.67. The van der Waals surface area contributed by atoms with E-state index in [0.717, 1.165) is 39.5 Å². The SMILES string of the molecule is Cc1cc(-c2c(-c3ccccc3)nc(C)n3cnnc23)cc(Cl)n1. The van der Waals surface area contributed by atoms with Gasteiger partial charge < -0.3 is 0 Å². The van der Waals surface area contributed by atoms with Gasteiger partial charge in [-0.05, 0) is 31.5 Å². The molecule has 3 heterocycles. The van der Waals surface area contributed by atoms with Crippen LogP contribution in [0.25, 0.3) is 28.0 Å². The third-order valence-electron chi connectivity index (χ3n) is 3.89. The molecule has 0 aliphatic heterocycles. The van der Waals surface area contributed by atoms with Crippen LogP contribution in [0.4, 0.5) is 0 Å². The summed E-state index contributed by atoms with van der Waals surface area (Å²) in [5.41, 5.74) is 5.30. The summed E-state index contributed by atoms with van der Waals surface area (Å²) < 4.78 is 1.88. The predicted molar refractivity (Wildman–Crippen MR) is 93.9 cm³/mol. The number of benzene rings is 1. The van der Waals surface area contributed by atoms with Crippen LogP contribution in [0.2, 0.25) is 5.15 Å². The molecule has 0 aliphatic rings. The molecule has 0 bridgehead atoms. The highest BCUT2D eigenvalue weighted by atomic mass is 35.5. The molecule has 1 aromatic carbocycles. The fourth-order valence-corrected chi connectivity index (χ4v) is 3.11. The maximum Gasteiger partial charge on any atom is 0.172 e. The number of aryl methyl sites for hydroxylation is 2. The summed E-state index contributed by atoms with van der Waals surface area (Å²) in [6.45, 7) is 3.86. The van der Waals surface area contributed by atoms with Gasteiger partial charge in [0.25, 0.3) is 0 Å². The zero-order valence-corrected chi connectivity index (χ0v) is 14.0. The van der Waals surface area contributed by atoms with Crippen LogP contribution in [0.5, 0.6) is 0 Å². The molecule has 0 fully saturated rings. The largest absolute Gasteiger partial charge is 0.269 e. The lowest BCUT2D eigenvalue weighted by atomic mass is 10.00. The zero-order valence-electron chi connectivity index (χ0n) is 13.2. The highest BCUT2D eigenvalue weighted by Crippen LogP contribution is 2.34. The maximum atomic E-state index is 6.18. The van der Waals surface area contributed by atoms with Crippen LogP contribution in [0.1, 0.15) is 11.5 Å². The Morgan fingerprint density at radius 2 is 1.75 bits per heavy atom. The zero-order chi connectivity index (χ0) is 16.7. The van der Waals surface area contributed by atoms with Gasteiger partial charge in [-0.25, -0.2) is 9.97 Å². The Kier molecular flexibility index (Phi) is 3.50. The van der Waals surface area contributed by atoms with E-state index in [-0.39, 0.29) is 0 Å². The van der Waals surface area contributed by atoms with E-state index in [1.54, 1.807) is 6.33 Å². The van der Waals surface area contributed by atoms with Crippen molar-refractivity contribution in [2.75, 3.05) is 0 Å². The van der Waals surface area contributed by atoms with E-state index in [1.165, 1.54) is 0 Å². The van der Waals surface area contributed by atoms with Gasteiger partial charge >= 0.3 is 0 Å². The molecule has 0 aliphatic carbocycles. The average molecular weight is 336 g/mol. The summed E-state index contributed by atoms with van der Waals surface area (Å²) in [6, 6.07) is 13.9. The monoisotopic (exact) mass is 335 g/mol. The molecular weight excluding hydrogens is 322 g/mol. The van der Waals surface area contributed by atoms with Crippen LogP contribution in [0.15, 0.2) is 48.8 Å². The number of hydrogen-bond acceptors (Lipinski definition) is 4. The summed E-state index contributed by atoms with van der Waals surface area (Å²) in [7, 11) is 0. The van der Waals surface area contributed by atoms with E-state index >= 15 is 0 Å². The molecule has 6 heteroatoms. The van der Waals surface area contributed by atoms with Gasteiger partial charge in [-0.3, -0.25) is 4.40 Å². The van der Waals surface area contributed by atoms with E-state index in [1.807, 2.05) is 60.7 Å². The van der Waals surface area contributed by atoms with E-state index in [4.69, 9.17) is 16.6 Å². The third-order valence-corrected chi connectivity index (χ3v) is 4.08. The normalized spacial score (nSPS) is 11.1. The molecular formula is C18H14ClN5. The number of hydrogen-bond donors (Lipinski definition) is 0. The first-order valence-corrected chi connectivity index (χ1v) is 7.91. The Morgan fingerprint density at radius 3 is 2.50 bits per heavy atom. The van der Waals surface area contributed by atoms with Crippen LogP contribution in [-0.2, 0) is 0 Å². The van der Waals surface area contributed by atoms with Crippen molar-refractivity contribution in [2.45, 2.75) is 13.8 Å². The Hall–Kier alpha value is -2.79. The molecule has 0 unspecified atom stereocenters. The Morgan fingerprint density at radius 1 is 0.958 bits per heavy atom. The van der Waals surface area contributed by atoms with Crippen molar-refractivity contribution in [1.82, 2.24) is 24.6 Å². The van der Waals surface area contributed by atoms with Crippen molar-refractivity contribution in [2.24, 2.45) is 0 Å². The van der Waals surface area contributed by atoms with Gasteiger partial charge in [0.1, 0.15) is 17.3 Å². The second-order valence-electron chi connectivity index (χ2n) is 5.59. The first-order chi connectivity index (χ1) is 11.6. The molecule has 0 amide bonds. The first kappa shape index (κ1) is 14.8. The van der Waals surface area contributed by atoms with E-state index in [2.05, 4.69) is 15.2 Å². The van der Waals surface area contributed by atoms with Gasteiger partial charge in [-0.2, -0.15) is 0 Å². The van der Waals surface area contributed by atoms with Crippen LogP contribution < -0.4 is 0 Å². The minimum absolute atomic E-state index is 0.447. The van der Waals surface area contributed by atoms with Crippen LogP contribution >= 0.6 is 11.6 Å². The standard InChI is InChI=1S/C18H14ClN5/c1-11-8-14(9-15(19)21-11)16-17(13-6-4-3-5-7-13)22-12(2)24-10-20-23-18(16)24/h3-10H,1-2H3. The fourth-order valence-electron chi connectivity index (χ4n) is 2.86. The number of aromatic nitrogens is 5. The first-order valence-electron chi connectivity index (χ1n) is 7.54. The van der Waals surface area contributed by atoms with Gasteiger partial charge in [0, 0.05) is 11.3 Å². The lowest BCUT2D eigenvalue weighted by Crippen LogP contribution is -2.01. The Labute approximate surface area is 144 Å². The minimum atomic E-state index is 0.447. The van der Waals surface area contributed by atoms with Crippen molar-refractivity contribution in [3.05, 3.63) is 65.5 Å². The number of rotatable bonds is 2. The molecule has 24 heavy (non-hydrogen) atoms. The van der Waals surface area contributed by atoms with Crippen molar-refractivity contribution < 1.29 is 0 Å². The molecule has 0 atom stereocenters. The van der Waals surface area contributed by atoms with Crippen LogP contribution in [0, 0.1) is 13.8 Å². The van der Waals surface area contributed by atoms with E-state index < -0.39 is 0 Å². The molecule has 0 spiro atoms. The van der Waals surface area contributed by atoms with Crippen molar-refractivity contribution in [3.63, 3.8) is 0 Å². The van der Waals surface area contributed by atoms with Crippen molar-refractivity contribution >= 4 is 17.2 Å². The molecule has 0 saturated carbocycles. The second kappa shape index (κ2) is 5.69. The predicted octanol–water partition coefficient (Wildman–Crippen LogP) is 4.12. The summed E-state index contributed by atoms with van der Waals surface area (Å²) >= 11 is 6.18. The van der Waals surface area contributed by atoms with Crippen molar-refractivity contribution in [3.8, 4) is 22.4 Å². The summed E-state index contributed by atoms with van der Waals surface area (Å²) in [4.78, 5) is 9.05.